The lowest BCUT2D eigenvalue weighted by molar-refractivity contribution is 0.0432. The molecule has 8 heteroatoms. The Morgan fingerprint density at radius 1 is 1.17 bits per heavy atom. The molecule has 2 heterocycles. The third-order valence-electron chi connectivity index (χ3n) is 4.08. The van der Waals surface area contributed by atoms with Gasteiger partial charge in [0.05, 0.1) is 18.2 Å². The maximum absolute atomic E-state index is 12.3. The Balaban J connectivity index is 1.40. The van der Waals surface area contributed by atoms with Gasteiger partial charge >= 0.3 is 5.97 Å². The SMILES string of the molecule is COc1ccc(Nc2nc(COC(=O)c3cc(=O)c4ccccc4o3)cs2)cc1. The van der Waals surface area contributed by atoms with Crippen LogP contribution in [-0.4, -0.2) is 18.1 Å². The number of thiazole rings is 1. The topological polar surface area (TPSA) is 90.7 Å². The summed E-state index contributed by atoms with van der Waals surface area (Å²) in [7, 11) is 1.61. The number of nitrogens with one attached hydrogen (secondary N) is 1. The van der Waals surface area contributed by atoms with Crippen molar-refractivity contribution in [1.29, 1.82) is 0 Å². The van der Waals surface area contributed by atoms with Gasteiger partial charge in [-0.15, -0.1) is 11.3 Å². The highest BCUT2D eigenvalue weighted by Gasteiger charge is 2.14. The molecule has 0 radical (unpaired) electrons. The van der Waals surface area contributed by atoms with Gasteiger partial charge in [0.25, 0.3) is 0 Å². The molecule has 0 atom stereocenters. The first-order chi connectivity index (χ1) is 14.1. The first kappa shape index (κ1) is 18.7. The molecule has 7 nitrogen and oxygen atoms in total. The number of benzene rings is 2. The molecule has 0 aliphatic carbocycles. The van der Waals surface area contributed by atoms with Crippen LogP contribution in [-0.2, 0) is 11.3 Å². The molecule has 0 spiro atoms. The van der Waals surface area contributed by atoms with Crippen LogP contribution in [0.1, 0.15) is 16.2 Å². The Bertz CT molecular complexity index is 1210. The quantitative estimate of drug-likeness (QED) is 0.474. The van der Waals surface area contributed by atoms with E-state index in [2.05, 4.69) is 10.3 Å². The number of esters is 1. The zero-order valence-corrected chi connectivity index (χ0v) is 16.2. The van der Waals surface area contributed by atoms with Crippen molar-refractivity contribution in [2.75, 3.05) is 12.4 Å². The Labute approximate surface area is 169 Å². The van der Waals surface area contributed by atoms with Gasteiger partial charge in [-0.1, -0.05) is 12.1 Å². The van der Waals surface area contributed by atoms with Crippen molar-refractivity contribution in [3.63, 3.8) is 0 Å². The predicted molar refractivity (Wildman–Crippen MR) is 110 cm³/mol. The number of carbonyl (C=O) groups excluding carboxylic acids is 1. The molecule has 0 saturated heterocycles. The van der Waals surface area contributed by atoms with E-state index in [1.165, 1.54) is 11.3 Å². The van der Waals surface area contributed by atoms with Crippen LogP contribution in [0, 0.1) is 0 Å². The van der Waals surface area contributed by atoms with Gasteiger partial charge in [-0.25, -0.2) is 9.78 Å². The smallest absolute Gasteiger partial charge is 0.374 e. The Morgan fingerprint density at radius 3 is 2.76 bits per heavy atom. The summed E-state index contributed by atoms with van der Waals surface area (Å²) in [5, 5.41) is 6.04. The highest BCUT2D eigenvalue weighted by molar-refractivity contribution is 7.13. The van der Waals surface area contributed by atoms with Crippen LogP contribution in [0.4, 0.5) is 10.8 Å². The minimum atomic E-state index is -0.717. The highest BCUT2D eigenvalue weighted by atomic mass is 32.1. The summed E-state index contributed by atoms with van der Waals surface area (Å²) in [6.45, 7) is -0.0316. The van der Waals surface area contributed by atoms with Gasteiger partial charge in [0.1, 0.15) is 17.9 Å². The summed E-state index contributed by atoms with van der Waals surface area (Å²) in [5.41, 5.74) is 1.49. The maximum atomic E-state index is 12.3. The van der Waals surface area contributed by atoms with E-state index in [-0.39, 0.29) is 17.8 Å². The molecule has 29 heavy (non-hydrogen) atoms. The van der Waals surface area contributed by atoms with Crippen molar-refractivity contribution in [1.82, 2.24) is 4.98 Å². The highest BCUT2D eigenvalue weighted by Crippen LogP contribution is 2.23. The molecule has 2 aromatic carbocycles. The normalized spacial score (nSPS) is 10.7. The molecule has 4 rings (SSSR count). The standard InChI is InChI=1S/C21H16N2O5S/c1-26-15-8-6-13(7-9-15)22-21-23-14(12-29-21)11-27-20(25)19-10-17(24)16-4-2-3-5-18(16)28-19/h2-10,12H,11H2,1H3,(H,22,23). The van der Waals surface area contributed by atoms with Crippen LogP contribution in [0.25, 0.3) is 11.0 Å². The van der Waals surface area contributed by atoms with Gasteiger partial charge in [-0.05, 0) is 36.4 Å². The number of anilines is 2. The van der Waals surface area contributed by atoms with Crippen LogP contribution in [0.5, 0.6) is 5.75 Å². The number of methoxy groups -OCH3 is 1. The van der Waals surface area contributed by atoms with Crippen molar-refractivity contribution < 1.29 is 18.7 Å². The fourth-order valence-corrected chi connectivity index (χ4v) is 3.36. The second kappa shape index (κ2) is 8.15. The predicted octanol–water partition coefficient (Wildman–Crippen LogP) is 4.36. The second-order valence-corrected chi connectivity index (χ2v) is 6.90. The van der Waals surface area contributed by atoms with Crippen LogP contribution in [0.3, 0.4) is 0 Å². The fraction of sp³-hybridized carbons (Fsp3) is 0.0952. The largest absolute Gasteiger partial charge is 0.497 e. The van der Waals surface area contributed by atoms with Gasteiger partial charge in [0.15, 0.2) is 10.6 Å². The van der Waals surface area contributed by atoms with Gasteiger partial charge < -0.3 is 19.2 Å². The van der Waals surface area contributed by atoms with Gasteiger partial charge in [0.2, 0.25) is 5.76 Å². The minimum Gasteiger partial charge on any atom is -0.497 e. The summed E-state index contributed by atoms with van der Waals surface area (Å²) in [6.07, 6.45) is 0. The van der Waals surface area contributed by atoms with Crippen LogP contribution < -0.4 is 15.5 Å². The molecule has 0 saturated carbocycles. The number of rotatable bonds is 6. The van der Waals surface area contributed by atoms with E-state index in [1.54, 1.807) is 36.8 Å². The molecule has 146 valence electrons. The molecule has 0 aliphatic heterocycles. The van der Waals surface area contributed by atoms with E-state index in [9.17, 15) is 9.59 Å². The van der Waals surface area contributed by atoms with Crippen molar-refractivity contribution >= 4 is 39.1 Å². The molecular weight excluding hydrogens is 392 g/mol. The summed E-state index contributed by atoms with van der Waals surface area (Å²) in [5.74, 6) is -0.0892. The molecule has 1 N–H and O–H groups in total. The number of hydrogen-bond acceptors (Lipinski definition) is 8. The van der Waals surface area contributed by atoms with E-state index < -0.39 is 5.97 Å². The number of aromatic nitrogens is 1. The lowest BCUT2D eigenvalue weighted by Crippen LogP contribution is -2.10. The molecule has 0 fully saturated rings. The monoisotopic (exact) mass is 408 g/mol. The Kier molecular flexibility index (Phi) is 5.26. The minimum absolute atomic E-state index is 0.0316. The number of ether oxygens (including phenoxy) is 2. The van der Waals surface area contributed by atoms with Crippen LogP contribution in [0.2, 0.25) is 0 Å². The molecule has 0 unspecified atom stereocenters. The number of nitrogens with zero attached hydrogens (tertiary/aromatic N) is 1. The summed E-state index contributed by atoms with van der Waals surface area (Å²) in [4.78, 5) is 28.8. The molecule has 2 aromatic heterocycles. The molecule has 4 aromatic rings. The Hall–Kier alpha value is -3.65. The van der Waals surface area contributed by atoms with Crippen molar-refractivity contribution in [2.24, 2.45) is 0 Å². The lowest BCUT2D eigenvalue weighted by Gasteiger charge is -2.04. The number of fused-ring (bicyclic) bond motifs is 1. The number of carbonyl (C=O) groups is 1. The van der Waals surface area contributed by atoms with Gasteiger partial charge in [0, 0.05) is 17.1 Å². The molecule has 0 aliphatic rings. The first-order valence-corrected chi connectivity index (χ1v) is 9.56. The van der Waals surface area contributed by atoms with E-state index in [4.69, 9.17) is 13.9 Å². The summed E-state index contributed by atoms with van der Waals surface area (Å²) >= 11 is 1.39. The second-order valence-electron chi connectivity index (χ2n) is 6.04. The zero-order chi connectivity index (χ0) is 20.2. The lowest BCUT2D eigenvalue weighted by atomic mass is 10.2. The third-order valence-corrected chi connectivity index (χ3v) is 4.89. The van der Waals surface area contributed by atoms with Crippen molar-refractivity contribution in [3.8, 4) is 5.75 Å². The fourth-order valence-electron chi connectivity index (χ4n) is 2.64. The van der Waals surface area contributed by atoms with Gasteiger partial charge in [-0.2, -0.15) is 0 Å². The van der Waals surface area contributed by atoms with Crippen molar-refractivity contribution in [3.05, 3.63) is 81.7 Å². The summed E-state index contributed by atoms with van der Waals surface area (Å²) < 4.78 is 15.9. The average molecular weight is 408 g/mol. The average Bonchev–Trinajstić information content (AvgIpc) is 3.20. The summed E-state index contributed by atoms with van der Waals surface area (Å²) in [6, 6.07) is 15.3. The Morgan fingerprint density at radius 2 is 1.97 bits per heavy atom. The third kappa shape index (κ3) is 4.27. The van der Waals surface area contributed by atoms with E-state index >= 15 is 0 Å². The van der Waals surface area contributed by atoms with Crippen LogP contribution in [0.15, 0.2) is 69.2 Å². The number of hydrogen-bond donors (Lipinski definition) is 1. The zero-order valence-electron chi connectivity index (χ0n) is 15.4. The van der Waals surface area contributed by atoms with Gasteiger partial charge in [-0.3, -0.25) is 4.79 Å². The first-order valence-electron chi connectivity index (χ1n) is 8.68. The van der Waals surface area contributed by atoms with Crippen molar-refractivity contribution in [2.45, 2.75) is 6.61 Å². The molecule has 0 bridgehead atoms. The number of para-hydroxylation sites is 1. The molecular formula is C21H16N2O5S. The van der Waals surface area contributed by atoms with E-state index in [0.29, 0.717) is 21.8 Å². The van der Waals surface area contributed by atoms with E-state index in [1.807, 2.05) is 24.3 Å². The molecule has 0 amide bonds. The van der Waals surface area contributed by atoms with E-state index in [0.717, 1.165) is 17.5 Å². The maximum Gasteiger partial charge on any atom is 0.374 e. The van der Waals surface area contributed by atoms with Crippen LogP contribution >= 0.6 is 11.3 Å².